The standard InChI is InChI=1S/C18H15P.2C14H12.4C8H10.2C7H6O.6C3H9N.4C2H6.CH4/c1-4-10-16(11-5-1)19(17-12-6-2-7-13-17)18-14-8-3-9-15-18;2*1-3-7-13(8-4-1)11-12-14-9-5-2-6-10-14;4*1-2-8-6-4-3-5-7-8;2*8-6-7-4-2-1-3-5-7;6*1-4(2)3;4*1-2;/h1-15H;2*1-12H;4*3-7H,2H2,1H3;2*1-6H;6*1-3H3;4*1-2H3;1H4. The maximum atomic E-state index is 10.0. The van der Waals surface area contributed by atoms with Crippen molar-refractivity contribution in [3.63, 3.8) is 0 Å². The van der Waals surface area contributed by atoms with Crippen LogP contribution in [0, 0.1) is 0 Å². The fraction of sp³-hybridized carbons (Fsp3) is 0.294. The molecule has 9 heteroatoms. The number of nitrogens with zero attached hydrogens (tertiary/aromatic N) is 6. The molecule has 0 saturated heterocycles. The van der Waals surface area contributed by atoms with E-state index in [4.69, 9.17) is 0 Å². The van der Waals surface area contributed by atoms with E-state index in [9.17, 15) is 9.59 Å². The summed E-state index contributed by atoms with van der Waals surface area (Å²) in [6.45, 7) is 24.6. The van der Waals surface area contributed by atoms with Gasteiger partial charge in [-0.05, 0) is 221 Å². The van der Waals surface area contributed by atoms with Crippen molar-refractivity contribution in [2.75, 3.05) is 127 Å². The van der Waals surface area contributed by atoms with Crippen molar-refractivity contribution in [1.29, 1.82) is 0 Å². The van der Waals surface area contributed by atoms with Crippen molar-refractivity contribution < 1.29 is 9.59 Å². The SMILES string of the molecule is C.C(=Cc1ccccc1)c1ccccc1.C(=Cc1ccccc1)c1ccccc1.CC.CC.CC.CC.CCc1ccccc1.CCc1ccccc1.CCc1ccccc1.CCc1ccccc1.CN(C)C.CN(C)C.CN(C)C.CN(C)C.CN(C)C.CN(C)C.O=Cc1ccccc1.O=Cc1ccccc1.c1ccc(P(c2ccccc2)c2ccccc2)cc1. The summed E-state index contributed by atoms with van der Waals surface area (Å²) in [5.41, 5.74) is 12.0. The number of rotatable bonds is 13. The Balaban J connectivity index is -0.000000250. The second-order valence-electron chi connectivity index (χ2n) is 29.1. The summed E-state index contributed by atoms with van der Waals surface area (Å²) < 4.78 is 0. The Hall–Kier alpha value is -11.1. The monoisotopic (exact) mass is 1750 g/mol. The topological polar surface area (TPSA) is 53.6 Å². The number of carbonyl (C=O) groups excluding carboxylic acids is 2. The zero-order valence-corrected chi connectivity index (χ0v) is 85.2. The zero-order valence-electron chi connectivity index (χ0n) is 84.3. The van der Waals surface area contributed by atoms with Gasteiger partial charge in [0.1, 0.15) is 12.6 Å². The molecule has 696 valence electrons. The third kappa shape index (κ3) is 92.5. The van der Waals surface area contributed by atoms with Crippen LogP contribution in [0.3, 0.4) is 0 Å². The van der Waals surface area contributed by atoms with Gasteiger partial charge in [0.25, 0.3) is 0 Å². The van der Waals surface area contributed by atoms with Crippen molar-refractivity contribution in [3.05, 3.63) is 450 Å². The Labute approximate surface area is 787 Å². The first-order chi connectivity index (χ1) is 61.3. The van der Waals surface area contributed by atoms with Crippen LogP contribution in [-0.4, -0.2) is 169 Å². The molecule has 13 rings (SSSR count). The van der Waals surface area contributed by atoms with E-state index in [-0.39, 0.29) is 7.43 Å². The number of carbonyl (C=O) groups is 2. The number of hydrogen-bond donors (Lipinski definition) is 0. The van der Waals surface area contributed by atoms with Gasteiger partial charge in [0.15, 0.2) is 0 Å². The number of hydrogen-bond acceptors (Lipinski definition) is 8. The van der Waals surface area contributed by atoms with Gasteiger partial charge in [0.05, 0.1) is 0 Å². The molecule has 0 fully saturated rings. The molecule has 0 aliphatic carbocycles. The summed E-state index contributed by atoms with van der Waals surface area (Å²) in [6, 6.07) is 134. The van der Waals surface area contributed by atoms with E-state index in [0.717, 1.165) is 49.4 Å². The van der Waals surface area contributed by atoms with E-state index in [1.165, 1.54) is 60.4 Å². The Kier molecular flexibility index (Phi) is 101. The van der Waals surface area contributed by atoms with E-state index in [2.05, 4.69) is 289 Å². The normalized spacial score (nSPS) is 9.10. The maximum absolute atomic E-state index is 10.0. The van der Waals surface area contributed by atoms with Crippen molar-refractivity contribution in [2.45, 2.75) is 116 Å². The minimum atomic E-state index is -0.446. The summed E-state index contributed by atoms with van der Waals surface area (Å²) in [5, 5.41) is 4.19. The molecule has 8 nitrogen and oxygen atoms in total. The van der Waals surface area contributed by atoms with Gasteiger partial charge in [0.2, 0.25) is 0 Å². The minimum Gasteiger partial charge on any atom is -0.312 e. The highest BCUT2D eigenvalue weighted by Gasteiger charge is 2.15. The summed E-state index contributed by atoms with van der Waals surface area (Å²) >= 11 is 0. The van der Waals surface area contributed by atoms with Crippen LogP contribution in [0.1, 0.15) is 156 Å². The first-order valence-electron chi connectivity index (χ1n) is 44.7. The molecule has 0 heterocycles. The molecule has 0 aliphatic heterocycles. The lowest BCUT2D eigenvalue weighted by Crippen LogP contribution is -2.20. The Morgan fingerprint density at radius 1 is 0.180 bits per heavy atom. The van der Waals surface area contributed by atoms with Gasteiger partial charge in [-0.1, -0.05) is 509 Å². The van der Waals surface area contributed by atoms with Gasteiger partial charge in [0, 0.05) is 11.1 Å². The first kappa shape index (κ1) is 130. The van der Waals surface area contributed by atoms with Crippen LogP contribution in [0.4, 0.5) is 0 Å². The molecule has 0 aromatic heterocycles. The number of aldehydes is 2. The molecule has 0 amide bonds. The molecule has 0 unspecified atom stereocenters. The van der Waals surface area contributed by atoms with Gasteiger partial charge in [-0.2, -0.15) is 0 Å². The van der Waals surface area contributed by atoms with Gasteiger partial charge < -0.3 is 29.4 Å². The molecule has 13 aromatic rings. The van der Waals surface area contributed by atoms with Crippen LogP contribution in [0.5, 0.6) is 0 Å². The third-order valence-corrected chi connectivity index (χ3v) is 16.5. The van der Waals surface area contributed by atoms with E-state index >= 15 is 0 Å². The van der Waals surface area contributed by atoms with Crippen LogP contribution >= 0.6 is 7.92 Å². The lowest BCUT2D eigenvalue weighted by Gasteiger charge is -2.18. The molecule has 128 heavy (non-hydrogen) atoms. The van der Waals surface area contributed by atoms with Gasteiger partial charge >= 0.3 is 0 Å². The van der Waals surface area contributed by atoms with E-state index < -0.39 is 7.92 Å². The van der Waals surface area contributed by atoms with Crippen LogP contribution in [-0.2, 0) is 25.7 Å². The first-order valence-corrected chi connectivity index (χ1v) is 46.0. The predicted octanol–water partition coefficient (Wildman–Crippen LogP) is 29.0. The van der Waals surface area contributed by atoms with Crippen LogP contribution in [0.2, 0.25) is 0 Å². The molecular formula is C119H173N6O2P. The lowest BCUT2D eigenvalue weighted by atomic mass is 10.1. The molecule has 0 spiro atoms. The van der Waals surface area contributed by atoms with Gasteiger partial charge in [-0.3, -0.25) is 9.59 Å². The van der Waals surface area contributed by atoms with Crippen molar-refractivity contribution in [1.82, 2.24) is 29.4 Å². The van der Waals surface area contributed by atoms with Crippen LogP contribution < -0.4 is 15.9 Å². The van der Waals surface area contributed by atoms with Gasteiger partial charge in [-0.15, -0.1) is 0 Å². The van der Waals surface area contributed by atoms with Crippen LogP contribution in [0.25, 0.3) is 24.3 Å². The second-order valence-corrected chi connectivity index (χ2v) is 31.3. The molecule has 0 aliphatic rings. The Bertz CT molecular complexity index is 3780. The smallest absolute Gasteiger partial charge is 0.150 e. The van der Waals surface area contributed by atoms with Crippen molar-refractivity contribution >= 4 is 60.7 Å². The summed E-state index contributed by atoms with van der Waals surface area (Å²) in [6.07, 6.45) is 14.7. The van der Waals surface area contributed by atoms with Crippen molar-refractivity contribution in [3.8, 4) is 0 Å². The minimum absolute atomic E-state index is 0. The fourth-order valence-electron chi connectivity index (χ4n) is 8.74. The fourth-order valence-corrected chi connectivity index (χ4v) is 11.0. The Morgan fingerprint density at radius 3 is 0.375 bits per heavy atom. The predicted molar refractivity (Wildman–Crippen MR) is 586 cm³/mol. The molecule has 0 N–H and O–H groups in total. The van der Waals surface area contributed by atoms with E-state index in [0.29, 0.717) is 0 Å². The number of aryl methyl sites for hydroxylation is 4. The maximum Gasteiger partial charge on any atom is 0.150 e. The molecule has 0 saturated carbocycles. The molecular weight excluding hydrogens is 1580 g/mol. The largest absolute Gasteiger partial charge is 0.312 e. The number of benzene rings is 13. The molecule has 13 aromatic carbocycles. The highest BCUT2D eigenvalue weighted by Crippen LogP contribution is 2.32. The highest BCUT2D eigenvalue weighted by molar-refractivity contribution is 7.79. The van der Waals surface area contributed by atoms with Crippen molar-refractivity contribution in [2.24, 2.45) is 0 Å². The molecule has 0 bridgehead atoms. The average molecular weight is 1750 g/mol. The second kappa shape index (κ2) is 99.6. The summed E-state index contributed by atoms with van der Waals surface area (Å²) in [4.78, 5) is 32.0. The van der Waals surface area contributed by atoms with Crippen LogP contribution in [0.15, 0.2) is 394 Å². The lowest BCUT2D eigenvalue weighted by molar-refractivity contribution is 0.111. The third-order valence-electron chi connectivity index (χ3n) is 14.1. The molecule has 0 radical (unpaired) electrons. The quantitative estimate of drug-likeness (QED) is 0.0643. The summed E-state index contributed by atoms with van der Waals surface area (Å²) in [7, 11) is 35.6. The Morgan fingerprint density at radius 2 is 0.281 bits per heavy atom. The van der Waals surface area contributed by atoms with E-state index in [1.807, 2.05) is 345 Å². The molecule has 0 atom stereocenters. The summed E-state index contributed by atoms with van der Waals surface area (Å²) in [5.74, 6) is 0. The van der Waals surface area contributed by atoms with E-state index in [1.54, 1.807) is 24.3 Å². The zero-order chi connectivity index (χ0) is 96.6. The highest BCUT2D eigenvalue weighted by atomic mass is 31.1. The van der Waals surface area contributed by atoms with Gasteiger partial charge in [-0.25, -0.2) is 0 Å². The average Bonchev–Trinajstić information content (AvgIpc) is 0.819.